The topological polar surface area (TPSA) is 94.5 Å². The van der Waals surface area contributed by atoms with Gasteiger partial charge < -0.3 is 29.0 Å². The lowest BCUT2D eigenvalue weighted by Crippen LogP contribution is -2.31. The van der Waals surface area contributed by atoms with Crippen molar-refractivity contribution < 1.29 is 33.6 Å². The molecule has 1 saturated heterocycles. The third-order valence-corrected chi connectivity index (χ3v) is 5.70. The van der Waals surface area contributed by atoms with Gasteiger partial charge in [-0.1, -0.05) is 32.0 Å². The second-order valence-electron chi connectivity index (χ2n) is 8.69. The highest BCUT2D eigenvalue weighted by Crippen LogP contribution is 2.42. The number of likely N-dealkylation sites (tertiary alicyclic amines) is 1. The fourth-order valence-electron chi connectivity index (χ4n) is 4.01. The van der Waals surface area contributed by atoms with Crippen LogP contribution in [0.4, 0.5) is 0 Å². The number of benzene rings is 2. The number of hydrogen-bond donors (Lipinski definition) is 1. The van der Waals surface area contributed by atoms with E-state index in [2.05, 4.69) is 0 Å². The summed E-state index contributed by atoms with van der Waals surface area (Å²) in [6.07, 6.45) is 0.534. The largest absolute Gasteiger partial charge is 0.507 e. The van der Waals surface area contributed by atoms with Gasteiger partial charge >= 0.3 is 0 Å². The second kappa shape index (κ2) is 11.8. The van der Waals surface area contributed by atoms with Crippen LogP contribution in [0.2, 0.25) is 0 Å². The number of carbonyl (C=O) groups excluding carboxylic acids is 2. The van der Waals surface area contributed by atoms with E-state index >= 15 is 0 Å². The van der Waals surface area contributed by atoms with Crippen molar-refractivity contribution in [3.63, 3.8) is 0 Å². The number of carbonyl (C=O) groups is 2. The van der Waals surface area contributed by atoms with Gasteiger partial charge in [-0.2, -0.15) is 0 Å². The van der Waals surface area contributed by atoms with Gasteiger partial charge in [-0.15, -0.1) is 0 Å². The van der Waals surface area contributed by atoms with Gasteiger partial charge in [-0.3, -0.25) is 9.59 Å². The van der Waals surface area contributed by atoms with Crippen LogP contribution in [0.15, 0.2) is 48.0 Å². The molecule has 0 spiro atoms. The molecular formula is C27H33NO7. The highest BCUT2D eigenvalue weighted by atomic mass is 16.5. The predicted molar refractivity (Wildman–Crippen MR) is 132 cm³/mol. The predicted octanol–water partition coefficient (Wildman–Crippen LogP) is 4.20. The van der Waals surface area contributed by atoms with Crippen LogP contribution in [0, 0.1) is 5.92 Å². The molecule has 1 atom stereocenters. The third-order valence-electron chi connectivity index (χ3n) is 5.70. The van der Waals surface area contributed by atoms with Crippen LogP contribution in [-0.4, -0.2) is 62.8 Å². The zero-order valence-electron chi connectivity index (χ0n) is 20.9. The van der Waals surface area contributed by atoms with Crippen LogP contribution >= 0.6 is 0 Å². The Labute approximate surface area is 206 Å². The van der Waals surface area contributed by atoms with E-state index in [0.717, 1.165) is 0 Å². The summed E-state index contributed by atoms with van der Waals surface area (Å²) in [6, 6.07) is 11.3. The molecule has 0 bridgehead atoms. The van der Waals surface area contributed by atoms with Gasteiger partial charge in [0.05, 0.1) is 32.4 Å². The highest BCUT2D eigenvalue weighted by molar-refractivity contribution is 6.46. The Balaban J connectivity index is 2.11. The van der Waals surface area contributed by atoms with Crippen LogP contribution in [0.1, 0.15) is 37.4 Å². The van der Waals surface area contributed by atoms with Crippen LogP contribution < -0.4 is 14.2 Å². The fourth-order valence-corrected chi connectivity index (χ4v) is 4.01. The molecule has 0 aliphatic carbocycles. The normalized spacial score (nSPS) is 17.2. The van der Waals surface area contributed by atoms with E-state index in [4.69, 9.17) is 18.9 Å². The molecule has 1 unspecified atom stereocenters. The fraction of sp³-hybridized carbons (Fsp3) is 0.407. The maximum Gasteiger partial charge on any atom is 0.295 e. The second-order valence-corrected chi connectivity index (χ2v) is 8.69. The Kier molecular flexibility index (Phi) is 8.76. The Hall–Kier alpha value is -3.52. The number of amides is 1. The summed E-state index contributed by atoms with van der Waals surface area (Å²) < 4.78 is 21.7. The van der Waals surface area contributed by atoms with Gasteiger partial charge in [0.25, 0.3) is 11.7 Å². The lowest BCUT2D eigenvalue weighted by Gasteiger charge is -2.26. The van der Waals surface area contributed by atoms with Crippen molar-refractivity contribution in [1.29, 1.82) is 0 Å². The maximum absolute atomic E-state index is 13.2. The Morgan fingerprint density at radius 1 is 1.03 bits per heavy atom. The van der Waals surface area contributed by atoms with E-state index in [0.29, 0.717) is 53.9 Å². The minimum atomic E-state index is -0.799. The van der Waals surface area contributed by atoms with Gasteiger partial charge in [0.2, 0.25) is 0 Å². The van der Waals surface area contributed by atoms with Crippen molar-refractivity contribution in [2.45, 2.75) is 26.3 Å². The van der Waals surface area contributed by atoms with Crippen LogP contribution in [0.25, 0.3) is 5.76 Å². The zero-order chi connectivity index (χ0) is 25.5. The number of ether oxygens (including phenoxy) is 4. The monoisotopic (exact) mass is 483 g/mol. The first-order valence-corrected chi connectivity index (χ1v) is 11.5. The summed E-state index contributed by atoms with van der Waals surface area (Å²) in [5, 5.41) is 11.3. The average molecular weight is 484 g/mol. The first-order valence-electron chi connectivity index (χ1n) is 11.5. The minimum absolute atomic E-state index is 0.0145. The first-order chi connectivity index (χ1) is 16.8. The number of rotatable bonds is 11. The smallest absolute Gasteiger partial charge is 0.295 e. The van der Waals surface area contributed by atoms with Crippen molar-refractivity contribution in [1.82, 2.24) is 4.90 Å². The van der Waals surface area contributed by atoms with Crippen molar-refractivity contribution >= 4 is 17.4 Å². The zero-order valence-corrected chi connectivity index (χ0v) is 20.9. The van der Waals surface area contributed by atoms with E-state index < -0.39 is 17.7 Å². The number of Topliss-reactive ketones (excluding diaryl/α,β-unsaturated/α-hetero) is 1. The number of nitrogens with zero attached hydrogens (tertiary/aromatic N) is 1. The molecule has 1 aliphatic rings. The number of hydrogen-bond acceptors (Lipinski definition) is 7. The van der Waals surface area contributed by atoms with E-state index in [1.165, 1.54) is 19.1 Å². The number of ketones is 1. The molecule has 0 saturated carbocycles. The molecule has 188 valence electrons. The van der Waals surface area contributed by atoms with E-state index in [1.807, 2.05) is 13.8 Å². The maximum atomic E-state index is 13.2. The standard InChI is InChI=1S/C27H33NO7/c1-17(2)16-35-20-9-6-8-19(14-20)25(29)23-24(18-10-11-21(33-4)22(15-18)34-5)28(12-7-13-32-3)27(31)26(23)30/h6,8-11,14-15,17,24,29H,7,12-13,16H2,1-5H3/b25-23-. The molecule has 35 heavy (non-hydrogen) atoms. The van der Waals surface area contributed by atoms with Gasteiger partial charge in [-0.05, 0) is 42.2 Å². The number of aliphatic hydroxyl groups is 1. The molecule has 1 heterocycles. The molecule has 0 radical (unpaired) electrons. The average Bonchev–Trinajstić information content (AvgIpc) is 3.12. The Morgan fingerprint density at radius 2 is 1.77 bits per heavy atom. The van der Waals surface area contributed by atoms with E-state index in [-0.39, 0.29) is 17.9 Å². The quantitative estimate of drug-likeness (QED) is 0.222. The minimum Gasteiger partial charge on any atom is -0.507 e. The molecule has 1 amide bonds. The van der Waals surface area contributed by atoms with Gasteiger partial charge in [0, 0.05) is 25.8 Å². The molecule has 2 aromatic rings. The Bertz CT molecular complexity index is 1090. The van der Waals surface area contributed by atoms with Crippen molar-refractivity contribution in [3.8, 4) is 17.2 Å². The van der Waals surface area contributed by atoms with Gasteiger partial charge in [0.15, 0.2) is 11.5 Å². The Morgan fingerprint density at radius 3 is 2.43 bits per heavy atom. The van der Waals surface area contributed by atoms with E-state index in [9.17, 15) is 14.7 Å². The SMILES string of the molecule is COCCCN1C(=O)C(=O)/C(=C(\O)c2cccc(OCC(C)C)c2)C1c1ccc(OC)c(OC)c1. The third kappa shape index (κ3) is 5.77. The van der Waals surface area contributed by atoms with Crippen LogP contribution in [0.3, 0.4) is 0 Å². The van der Waals surface area contributed by atoms with Gasteiger partial charge in [0.1, 0.15) is 11.5 Å². The van der Waals surface area contributed by atoms with Crippen LogP contribution in [-0.2, 0) is 14.3 Å². The summed E-state index contributed by atoms with van der Waals surface area (Å²) in [5.74, 6) is 0.198. The molecule has 0 aromatic heterocycles. The van der Waals surface area contributed by atoms with Crippen molar-refractivity contribution in [2.24, 2.45) is 5.92 Å². The molecule has 8 nitrogen and oxygen atoms in total. The number of aliphatic hydroxyl groups excluding tert-OH is 1. The summed E-state index contributed by atoms with van der Waals surface area (Å²) >= 11 is 0. The van der Waals surface area contributed by atoms with Crippen molar-refractivity contribution in [2.75, 3.05) is 41.1 Å². The lowest BCUT2D eigenvalue weighted by molar-refractivity contribution is -0.140. The van der Waals surface area contributed by atoms with Crippen molar-refractivity contribution in [3.05, 3.63) is 59.2 Å². The number of methoxy groups -OCH3 is 3. The molecule has 1 N–H and O–H groups in total. The molecule has 3 rings (SSSR count). The van der Waals surface area contributed by atoms with Crippen LogP contribution in [0.5, 0.6) is 17.2 Å². The summed E-state index contributed by atoms with van der Waals surface area (Å²) in [5.41, 5.74) is 1.03. The van der Waals surface area contributed by atoms with Gasteiger partial charge in [-0.25, -0.2) is 0 Å². The molecule has 1 aliphatic heterocycles. The summed E-state index contributed by atoms with van der Waals surface area (Å²) in [7, 11) is 4.62. The molecule has 2 aromatic carbocycles. The molecule has 1 fully saturated rings. The molecular weight excluding hydrogens is 450 g/mol. The lowest BCUT2D eigenvalue weighted by atomic mass is 9.95. The summed E-state index contributed by atoms with van der Waals surface area (Å²) in [4.78, 5) is 27.7. The molecule has 8 heteroatoms. The highest BCUT2D eigenvalue weighted by Gasteiger charge is 2.46. The first kappa shape index (κ1) is 26.1. The van der Waals surface area contributed by atoms with E-state index in [1.54, 1.807) is 49.6 Å². The summed E-state index contributed by atoms with van der Waals surface area (Å²) in [6.45, 7) is 5.30.